The molecule has 0 aliphatic rings. The van der Waals surface area contributed by atoms with E-state index in [1.165, 1.54) is 0 Å². The van der Waals surface area contributed by atoms with Crippen LogP contribution in [0.25, 0.3) is 0 Å². The molecule has 16 heavy (non-hydrogen) atoms. The fraction of sp³-hybridized carbons (Fsp3) is 0.417. The molecule has 1 aromatic carbocycles. The molecule has 1 rings (SSSR count). The first-order valence-electron chi connectivity index (χ1n) is 5.32. The van der Waals surface area contributed by atoms with E-state index in [2.05, 4.69) is 31.8 Å². The van der Waals surface area contributed by atoms with Gasteiger partial charge >= 0.3 is 0 Å². The van der Waals surface area contributed by atoms with Crippen LogP contribution >= 0.6 is 12.6 Å². The van der Waals surface area contributed by atoms with Crippen LogP contribution in [0, 0.1) is 0 Å². The van der Waals surface area contributed by atoms with Crippen LogP contribution in [0.2, 0.25) is 0 Å². The molecule has 0 bridgehead atoms. The molecule has 1 amide bonds. The second-order valence-electron chi connectivity index (χ2n) is 4.02. The Morgan fingerprint density at radius 2 is 2.06 bits per heavy atom. The van der Waals surface area contributed by atoms with Crippen LogP contribution in [0.1, 0.15) is 25.3 Å². The Labute approximate surface area is 102 Å². The van der Waals surface area contributed by atoms with Gasteiger partial charge in [0.2, 0.25) is 5.91 Å². The second-order valence-corrected chi connectivity index (χ2v) is 4.39. The molecule has 1 unspecified atom stereocenters. The molecule has 0 aromatic heterocycles. The molecule has 3 nitrogen and oxygen atoms in total. The molecule has 88 valence electrons. The summed E-state index contributed by atoms with van der Waals surface area (Å²) in [5, 5.41) is 2.83. The quantitative estimate of drug-likeness (QED) is 0.703. The van der Waals surface area contributed by atoms with Crippen molar-refractivity contribution in [2.75, 3.05) is 11.1 Å². The molecule has 3 N–H and O–H groups in total. The molecule has 0 heterocycles. The van der Waals surface area contributed by atoms with Crippen molar-refractivity contribution >= 4 is 24.2 Å². The van der Waals surface area contributed by atoms with Crippen molar-refractivity contribution in [3.8, 4) is 0 Å². The lowest BCUT2D eigenvalue weighted by Gasteiger charge is -2.15. The number of para-hydroxylation sites is 1. The van der Waals surface area contributed by atoms with Crippen LogP contribution in [0.5, 0.6) is 0 Å². The molecule has 0 spiro atoms. The Hall–Kier alpha value is -1.000. The van der Waals surface area contributed by atoms with E-state index in [9.17, 15) is 4.79 Å². The van der Waals surface area contributed by atoms with Crippen molar-refractivity contribution in [1.82, 2.24) is 0 Å². The van der Waals surface area contributed by atoms with Crippen molar-refractivity contribution in [1.29, 1.82) is 0 Å². The molecule has 0 saturated carbocycles. The molecular weight excluding hydrogens is 220 g/mol. The summed E-state index contributed by atoms with van der Waals surface area (Å²) in [6.07, 6.45) is 0. The van der Waals surface area contributed by atoms with Crippen LogP contribution in [0.15, 0.2) is 24.3 Å². The van der Waals surface area contributed by atoms with Crippen LogP contribution in [-0.4, -0.2) is 17.7 Å². The predicted octanol–water partition coefficient (Wildman–Crippen LogP) is 2.01. The molecule has 0 radical (unpaired) electrons. The number of anilines is 1. The van der Waals surface area contributed by atoms with E-state index in [-0.39, 0.29) is 5.91 Å². The minimum atomic E-state index is -0.566. The predicted molar refractivity (Wildman–Crippen MR) is 71.0 cm³/mol. The van der Waals surface area contributed by atoms with Crippen LogP contribution in [0.4, 0.5) is 5.69 Å². The normalized spacial score (nSPS) is 12.6. The minimum Gasteiger partial charge on any atom is -0.324 e. The fourth-order valence-electron chi connectivity index (χ4n) is 1.42. The van der Waals surface area contributed by atoms with Crippen molar-refractivity contribution < 1.29 is 4.79 Å². The molecule has 1 aromatic rings. The number of nitrogens with one attached hydrogen (secondary N) is 1. The molecule has 0 saturated heterocycles. The number of nitrogens with two attached hydrogens (primary N) is 1. The minimum absolute atomic E-state index is 0.192. The third-order valence-electron chi connectivity index (χ3n) is 2.37. The average molecular weight is 238 g/mol. The van der Waals surface area contributed by atoms with E-state index in [0.29, 0.717) is 11.7 Å². The highest BCUT2D eigenvalue weighted by Crippen LogP contribution is 2.23. The zero-order valence-corrected chi connectivity index (χ0v) is 10.5. The number of hydrogen-bond donors (Lipinski definition) is 3. The van der Waals surface area contributed by atoms with E-state index in [1.807, 2.05) is 24.3 Å². The second kappa shape index (κ2) is 5.92. The third kappa shape index (κ3) is 3.25. The number of thiol groups is 1. The van der Waals surface area contributed by atoms with E-state index >= 15 is 0 Å². The van der Waals surface area contributed by atoms with Crippen molar-refractivity contribution in [2.45, 2.75) is 25.8 Å². The van der Waals surface area contributed by atoms with Crippen LogP contribution in [-0.2, 0) is 4.79 Å². The lowest BCUT2D eigenvalue weighted by molar-refractivity contribution is -0.116. The molecule has 0 aliphatic heterocycles. The summed E-state index contributed by atoms with van der Waals surface area (Å²) in [5.41, 5.74) is 7.55. The van der Waals surface area contributed by atoms with Gasteiger partial charge in [0.15, 0.2) is 0 Å². The van der Waals surface area contributed by atoms with Gasteiger partial charge < -0.3 is 11.1 Å². The van der Waals surface area contributed by atoms with Crippen molar-refractivity contribution in [3.05, 3.63) is 29.8 Å². The van der Waals surface area contributed by atoms with E-state index in [4.69, 9.17) is 5.73 Å². The largest absolute Gasteiger partial charge is 0.324 e. The highest BCUT2D eigenvalue weighted by molar-refractivity contribution is 7.80. The fourth-order valence-corrected chi connectivity index (χ4v) is 1.59. The number of amides is 1. The maximum atomic E-state index is 11.6. The standard InChI is InChI=1S/C12H18N2OS/c1-8(2)9-5-3-4-6-11(9)14-12(15)10(13)7-16/h3-6,8,10,16H,7,13H2,1-2H3,(H,14,15). The Morgan fingerprint density at radius 1 is 1.44 bits per heavy atom. The molecule has 4 heteroatoms. The average Bonchev–Trinajstić information content (AvgIpc) is 2.28. The van der Waals surface area contributed by atoms with E-state index in [1.54, 1.807) is 0 Å². The van der Waals surface area contributed by atoms with Gasteiger partial charge in [-0.3, -0.25) is 4.79 Å². The van der Waals surface area contributed by atoms with Crippen LogP contribution in [0.3, 0.4) is 0 Å². The topological polar surface area (TPSA) is 55.1 Å². The SMILES string of the molecule is CC(C)c1ccccc1NC(=O)C(N)CS. The summed E-state index contributed by atoms with van der Waals surface area (Å²) < 4.78 is 0. The summed E-state index contributed by atoms with van der Waals surface area (Å²) in [7, 11) is 0. The lowest BCUT2D eigenvalue weighted by Crippen LogP contribution is -2.37. The molecular formula is C12H18N2OS. The Balaban J connectivity index is 2.84. The van der Waals surface area contributed by atoms with Gasteiger partial charge in [-0.15, -0.1) is 0 Å². The Kier molecular flexibility index (Phi) is 4.83. The smallest absolute Gasteiger partial charge is 0.242 e. The number of rotatable bonds is 4. The van der Waals surface area contributed by atoms with Gasteiger partial charge in [0.05, 0.1) is 6.04 Å². The van der Waals surface area contributed by atoms with Crippen molar-refractivity contribution in [2.24, 2.45) is 5.73 Å². The first-order chi connectivity index (χ1) is 7.56. The summed E-state index contributed by atoms with van der Waals surface area (Å²) in [4.78, 5) is 11.6. The Bertz CT molecular complexity index is 366. The molecule has 1 atom stereocenters. The van der Waals surface area contributed by atoms with Crippen molar-refractivity contribution in [3.63, 3.8) is 0 Å². The van der Waals surface area contributed by atoms with Gasteiger partial charge in [0.25, 0.3) is 0 Å². The van der Waals surface area contributed by atoms with Gasteiger partial charge in [0.1, 0.15) is 0 Å². The maximum Gasteiger partial charge on any atom is 0.242 e. The Morgan fingerprint density at radius 3 is 2.62 bits per heavy atom. The summed E-state index contributed by atoms with van der Waals surface area (Å²) in [6, 6.07) is 7.19. The van der Waals surface area contributed by atoms with Gasteiger partial charge in [-0.2, -0.15) is 12.6 Å². The number of benzene rings is 1. The summed E-state index contributed by atoms with van der Waals surface area (Å²) in [6.45, 7) is 4.17. The van der Waals surface area contributed by atoms with E-state index in [0.717, 1.165) is 11.3 Å². The number of hydrogen-bond acceptors (Lipinski definition) is 3. The highest BCUT2D eigenvalue weighted by atomic mass is 32.1. The first-order valence-corrected chi connectivity index (χ1v) is 5.95. The maximum absolute atomic E-state index is 11.6. The summed E-state index contributed by atoms with van der Waals surface area (Å²) in [5.74, 6) is 0.516. The zero-order valence-electron chi connectivity index (χ0n) is 9.60. The number of carbonyl (C=O) groups is 1. The van der Waals surface area contributed by atoms with Gasteiger partial charge in [-0.1, -0.05) is 32.0 Å². The van der Waals surface area contributed by atoms with Gasteiger partial charge in [-0.25, -0.2) is 0 Å². The zero-order chi connectivity index (χ0) is 12.1. The third-order valence-corrected chi connectivity index (χ3v) is 2.77. The monoisotopic (exact) mass is 238 g/mol. The van der Waals surface area contributed by atoms with Gasteiger partial charge in [0, 0.05) is 11.4 Å². The van der Waals surface area contributed by atoms with Crippen LogP contribution < -0.4 is 11.1 Å². The van der Waals surface area contributed by atoms with Gasteiger partial charge in [-0.05, 0) is 17.5 Å². The molecule has 0 aliphatic carbocycles. The summed E-state index contributed by atoms with van der Waals surface area (Å²) >= 11 is 4.00. The number of carbonyl (C=O) groups excluding carboxylic acids is 1. The first kappa shape index (κ1) is 13.1. The van der Waals surface area contributed by atoms with E-state index < -0.39 is 6.04 Å². The highest BCUT2D eigenvalue weighted by Gasteiger charge is 2.13. The lowest BCUT2D eigenvalue weighted by atomic mass is 10.0. The molecule has 0 fully saturated rings.